The van der Waals surface area contributed by atoms with Crippen LogP contribution in [0.3, 0.4) is 0 Å². The third kappa shape index (κ3) is 7.09. The molecular weight excluding hydrogens is 575 g/mol. The molecule has 0 heterocycles. The van der Waals surface area contributed by atoms with E-state index in [-0.39, 0.29) is 34.0 Å². The molecule has 2 aromatic carbocycles. The van der Waals surface area contributed by atoms with Crippen LogP contribution in [0.1, 0.15) is 45.8 Å². The number of carbonyl (C=O) groups is 2. The Morgan fingerprint density at radius 1 is 1.11 bits per heavy atom. The number of halogens is 8. The first-order valence-electron chi connectivity index (χ1n) is 10.6. The summed E-state index contributed by atoms with van der Waals surface area (Å²) in [5.41, 5.74) is -2.06. The zero-order valence-corrected chi connectivity index (χ0v) is 20.2. The van der Waals surface area contributed by atoms with Crippen molar-refractivity contribution in [2.75, 3.05) is 6.54 Å². The third-order valence-corrected chi connectivity index (χ3v) is 6.18. The topological polar surface area (TPSA) is 82.0 Å². The molecule has 1 fully saturated rings. The van der Waals surface area contributed by atoms with Crippen molar-refractivity contribution < 1.29 is 40.3 Å². The Kier molecular flexibility index (Phi) is 8.02. The Morgan fingerprint density at radius 3 is 2.32 bits per heavy atom. The minimum atomic E-state index is -4.75. The van der Waals surface area contributed by atoms with Crippen molar-refractivity contribution in [3.63, 3.8) is 0 Å². The van der Waals surface area contributed by atoms with Gasteiger partial charge in [-0.3, -0.25) is 9.59 Å². The van der Waals surface area contributed by atoms with Gasteiger partial charge in [0.1, 0.15) is 24.0 Å². The van der Waals surface area contributed by atoms with Crippen LogP contribution in [0.25, 0.3) is 6.08 Å². The van der Waals surface area contributed by atoms with E-state index < -0.39 is 53.5 Å². The number of carbonyl (C=O) groups excluding carboxylic acids is 2. The summed E-state index contributed by atoms with van der Waals surface area (Å²) < 4.78 is 91.8. The summed E-state index contributed by atoms with van der Waals surface area (Å²) in [7, 11) is 0. The molecular formula is C24H17BrF7N3O2. The Bertz CT molecular complexity index is 1280. The first-order valence-corrected chi connectivity index (χ1v) is 11.4. The van der Waals surface area contributed by atoms with E-state index in [1.54, 1.807) is 5.32 Å². The Hall–Kier alpha value is -3.40. The van der Waals surface area contributed by atoms with E-state index in [0.717, 1.165) is 30.4 Å². The fourth-order valence-electron chi connectivity index (χ4n) is 3.43. The molecule has 0 radical (unpaired) electrons. The summed E-state index contributed by atoms with van der Waals surface area (Å²) in [6, 6.07) is 7.97. The van der Waals surface area contributed by atoms with E-state index >= 15 is 0 Å². The van der Waals surface area contributed by atoms with Crippen LogP contribution in [-0.2, 0) is 4.79 Å². The second-order valence-electron chi connectivity index (χ2n) is 8.30. The molecule has 0 spiro atoms. The monoisotopic (exact) mass is 591 g/mol. The lowest BCUT2D eigenvalue weighted by molar-refractivity contribution is -0.140. The van der Waals surface area contributed by atoms with Gasteiger partial charge in [0.15, 0.2) is 0 Å². The van der Waals surface area contributed by atoms with Crippen LogP contribution >= 0.6 is 15.9 Å². The molecule has 1 unspecified atom stereocenters. The Balaban J connectivity index is 1.76. The first-order chi connectivity index (χ1) is 17.1. The molecule has 196 valence electrons. The number of nitrogens with one attached hydrogen (secondary N) is 2. The lowest BCUT2D eigenvalue weighted by atomic mass is 9.95. The summed E-state index contributed by atoms with van der Waals surface area (Å²) in [5.74, 6) is -4.82. The van der Waals surface area contributed by atoms with Gasteiger partial charge in [-0.25, -0.2) is 4.39 Å². The largest absolute Gasteiger partial charge is 0.405 e. The van der Waals surface area contributed by atoms with Crippen molar-refractivity contribution in [1.29, 1.82) is 5.26 Å². The van der Waals surface area contributed by atoms with Gasteiger partial charge in [-0.05, 0) is 64.2 Å². The van der Waals surface area contributed by atoms with Gasteiger partial charge in [0.25, 0.3) is 5.91 Å². The molecule has 1 saturated carbocycles. The molecule has 2 amide bonds. The van der Waals surface area contributed by atoms with Crippen LogP contribution in [0, 0.1) is 17.1 Å². The van der Waals surface area contributed by atoms with Crippen LogP contribution in [0.2, 0.25) is 0 Å². The van der Waals surface area contributed by atoms with E-state index in [1.165, 1.54) is 24.3 Å². The number of nitriles is 1. The van der Waals surface area contributed by atoms with Gasteiger partial charge in [0.05, 0.1) is 17.0 Å². The molecule has 2 N–H and O–H groups in total. The fourth-order valence-corrected chi connectivity index (χ4v) is 4.00. The zero-order chi connectivity index (χ0) is 27.6. The highest BCUT2D eigenvalue weighted by Crippen LogP contribution is 2.38. The van der Waals surface area contributed by atoms with E-state index in [0.29, 0.717) is 0 Å². The molecule has 0 bridgehead atoms. The van der Waals surface area contributed by atoms with E-state index in [4.69, 9.17) is 5.26 Å². The smallest absolute Gasteiger partial charge is 0.345 e. The standard InChI is InChI=1S/C24H17BrF7N3O2/c25-18-9-13(2-5-17(24(30,31)32)14-3-6-19(26)15(10-14)11-33)1-4-16(18)20(36)35-22(7-8-22)21(37)34-12-23(27,28)29/h1-6,9-10,17H,7-8,12H2,(H,34,37)(H,35,36)/b5-2+. The number of alkyl halides is 6. The van der Waals surface area contributed by atoms with Crippen LogP contribution in [0.4, 0.5) is 30.7 Å². The van der Waals surface area contributed by atoms with Crippen LogP contribution in [0.15, 0.2) is 46.9 Å². The minimum Gasteiger partial charge on any atom is -0.345 e. The normalized spacial score (nSPS) is 15.6. The zero-order valence-electron chi connectivity index (χ0n) is 18.6. The van der Waals surface area contributed by atoms with Crippen molar-refractivity contribution in [2.24, 2.45) is 0 Å². The Labute approximate surface area is 214 Å². The highest BCUT2D eigenvalue weighted by Gasteiger charge is 2.52. The van der Waals surface area contributed by atoms with Gasteiger partial charge >= 0.3 is 12.4 Å². The number of rotatable bonds is 7. The molecule has 37 heavy (non-hydrogen) atoms. The van der Waals surface area contributed by atoms with E-state index in [2.05, 4.69) is 21.2 Å². The SMILES string of the molecule is N#Cc1cc(C(/C=C/c2ccc(C(=O)NC3(C(=O)NCC(F)(F)F)CC3)c(Br)c2)C(F)(F)F)ccc1F. The van der Waals surface area contributed by atoms with Gasteiger partial charge in [-0.2, -0.15) is 31.6 Å². The van der Waals surface area contributed by atoms with Crippen LogP contribution < -0.4 is 10.6 Å². The Morgan fingerprint density at radius 2 is 1.78 bits per heavy atom. The van der Waals surface area contributed by atoms with Crippen molar-refractivity contribution in [3.8, 4) is 6.07 Å². The van der Waals surface area contributed by atoms with Crippen molar-refractivity contribution in [2.45, 2.75) is 36.7 Å². The van der Waals surface area contributed by atoms with Gasteiger partial charge in [0, 0.05) is 4.47 Å². The van der Waals surface area contributed by atoms with E-state index in [1.807, 2.05) is 0 Å². The number of benzene rings is 2. The molecule has 0 saturated heterocycles. The number of amides is 2. The second kappa shape index (κ2) is 10.5. The summed E-state index contributed by atoms with van der Waals surface area (Å²) in [6.45, 7) is -1.54. The number of nitrogens with zero attached hydrogens (tertiary/aromatic N) is 1. The van der Waals surface area contributed by atoms with Crippen molar-refractivity contribution in [1.82, 2.24) is 10.6 Å². The maximum Gasteiger partial charge on any atom is 0.405 e. The number of hydrogen-bond donors (Lipinski definition) is 2. The molecule has 1 aliphatic carbocycles. The van der Waals surface area contributed by atoms with Gasteiger partial charge in [-0.15, -0.1) is 0 Å². The van der Waals surface area contributed by atoms with Crippen molar-refractivity contribution >= 4 is 33.8 Å². The maximum atomic E-state index is 13.7. The molecule has 0 aliphatic heterocycles. The quantitative estimate of drug-likeness (QED) is 0.402. The number of hydrogen-bond acceptors (Lipinski definition) is 3. The molecule has 1 aliphatic rings. The molecule has 0 aromatic heterocycles. The molecule has 3 rings (SSSR count). The highest BCUT2D eigenvalue weighted by atomic mass is 79.9. The lowest BCUT2D eigenvalue weighted by Gasteiger charge is -2.19. The minimum absolute atomic E-state index is 0.0108. The predicted molar refractivity (Wildman–Crippen MR) is 122 cm³/mol. The highest BCUT2D eigenvalue weighted by molar-refractivity contribution is 9.10. The molecule has 1 atom stereocenters. The fraction of sp³-hybridized carbons (Fsp3) is 0.292. The summed E-state index contributed by atoms with van der Waals surface area (Å²) in [5, 5.41) is 13.1. The average Bonchev–Trinajstić information content (AvgIpc) is 3.57. The van der Waals surface area contributed by atoms with Crippen molar-refractivity contribution in [3.05, 3.63) is 75.0 Å². The predicted octanol–water partition coefficient (Wildman–Crippen LogP) is 5.76. The second-order valence-corrected chi connectivity index (χ2v) is 9.16. The summed E-state index contributed by atoms with van der Waals surface area (Å²) in [6.07, 6.45) is -7.11. The van der Waals surface area contributed by atoms with E-state index in [9.17, 15) is 40.3 Å². The van der Waals surface area contributed by atoms with Gasteiger partial charge in [-0.1, -0.05) is 24.3 Å². The molecule has 2 aromatic rings. The lowest BCUT2D eigenvalue weighted by Crippen LogP contribution is -2.50. The third-order valence-electron chi connectivity index (χ3n) is 5.53. The average molecular weight is 592 g/mol. The van der Waals surface area contributed by atoms with Gasteiger partial charge < -0.3 is 10.6 Å². The summed E-state index contributed by atoms with van der Waals surface area (Å²) in [4.78, 5) is 24.7. The van der Waals surface area contributed by atoms with Gasteiger partial charge in [0.2, 0.25) is 5.91 Å². The maximum absolute atomic E-state index is 13.7. The molecule has 13 heteroatoms. The number of allylic oxidation sites excluding steroid dienone is 1. The van der Waals surface area contributed by atoms with Crippen LogP contribution in [0.5, 0.6) is 0 Å². The first kappa shape index (κ1) is 28.2. The van der Waals surface area contributed by atoms with Crippen LogP contribution in [-0.4, -0.2) is 36.3 Å². The summed E-state index contributed by atoms with van der Waals surface area (Å²) >= 11 is 3.14. The molecule has 5 nitrogen and oxygen atoms in total.